The Balaban J connectivity index is 2.14. The van der Waals surface area contributed by atoms with Crippen molar-refractivity contribution in [3.8, 4) is 5.75 Å². The van der Waals surface area contributed by atoms with E-state index in [1.54, 1.807) is 0 Å². The van der Waals surface area contributed by atoms with Gasteiger partial charge in [-0.1, -0.05) is 69.2 Å². The highest BCUT2D eigenvalue weighted by Crippen LogP contribution is 2.32. The van der Waals surface area contributed by atoms with Crippen LogP contribution in [0, 0.1) is 6.92 Å². The second-order valence-corrected chi connectivity index (χ2v) is 6.22. The molecule has 2 aromatic carbocycles. The zero-order chi connectivity index (χ0) is 15.3. The maximum absolute atomic E-state index is 5.74. The normalized spacial score (nSPS) is 11.4. The molecule has 0 unspecified atom stereocenters. The minimum Gasteiger partial charge on any atom is -0.494 e. The highest BCUT2D eigenvalue weighted by atomic mass is 16.5. The summed E-state index contributed by atoms with van der Waals surface area (Å²) in [6.45, 7) is 9.64. The van der Waals surface area contributed by atoms with Crippen LogP contribution in [0.5, 0.6) is 5.75 Å². The Bertz CT molecular complexity index is 549. The fourth-order valence-electron chi connectivity index (χ4n) is 2.44. The molecular weight excluding hydrogens is 256 g/mol. The van der Waals surface area contributed by atoms with Gasteiger partial charge in [-0.15, -0.1) is 0 Å². The van der Waals surface area contributed by atoms with Gasteiger partial charge in [0, 0.05) is 5.41 Å². The fraction of sp³-hybridized carbons (Fsp3) is 0.400. The van der Waals surface area contributed by atoms with Gasteiger partial charge in [-0.05, 0) is 36.6 Å². The van der Waals surface area contributed by atoms with Crippen molar-refractivity contribution >= 4 is 0 Å². The average molecular weight is 282 g/mol. The first-order valence-corrected chi connectivity index (χ1v) is 7.84. The number of hydrogen-bond donors (Lipinski definition) is 0. The summed E-state index contributed by atoms with van der Waals surface area (Å²) in [7, 11) is 0. The summed E-state index contributed by atoms with van der Waals surface area (Å²) in [4.78, 5) is 0. The van der Waals surface area contributed by atoms with Gasteiger partial charge in [0.15, 0.2) is 0 Å². The van der Waals surface area contributed by atoms with Gasteiger partial charge < -0.3 is 4.74 Å². The third-order valence-corrected chi connectivity index (χ3v) is 4.12. The van der Waals surface area contributed by atoms with Crippen LogP contribution in [-0.2, 0) is 5.41 Å². The van der Waals surface area contributed by atoms with Gasteiger partial charge in [-0.3, -0.25) is 0 Å². The molecule has 0 amide bonds. The molecule has 112 valence electrons. The number of benzene rings is 2. The van der Waals surface area contributed by atoms with E-state index in [2.05, 4.69) is 76.2 Å². The van der Waals surface area contributed by atoms with Crippen LogP contribution in [0.2, 0.25) is 0 Å². The molecule has 0 aliphatic rings. The summed E-state index contributed by atoms with van der Waals surface area (Å²) >= 11 is 0. The van der Waals surface area contributed by atoms with Crippen LogP contribution in [-0.4, -0.2) is 6.61 Å². The molecule has 0 saturated carbocycles. The lowest BCUT2D eigenvalue weighted by molar-refractivity contribution is 0.309. The van der Waals surface area contributed by atoms with Crippen molar-refractivity contribution in [3.63, 3.8) is 0 Å². The van der Waals surface area contributed by atoms with Gasteiger partial charge in [-0.25, -0.2) is 0 Å². The lowest BCUT2D eigenvalue weighted by Gasteiger charge is -2.26. The Morgan fingerprint density at radius 3 is 1.90 bits per heavy atom. The molecule has 0 spiro atoms. The van der Waals surface area contributed by atoms with Crippen LogP contribution in [0.15, 0.2) is 48.5 Å². The molecule has 0 radical (unpaired) electrons. The van der Waals surface area contributed by atoms with Crippen molar-refractivity contribution in [1.29, 1.82) is 0 Å². The standard InChI is InChI=1S/C20H26O/c1-5-6-15-21-19-13-11-18(12-14-19)20(3,4)17-9-7-16(2)8-10-17/h7-14H,5-6,15H2,1-4H3. The van der Waals surface area contributed by atoms with Gasteiger partial charge >= 0.3 is 0 Å². The van der Waals surface area contributed by atoms with Crippen LogP contribution in [0.25, 0.3) is 0 Å². The van der Waals surface area contributed by atoms with E-state index in [4.69, 9.17) is 4.74 Å². The lowest BCUT2D eigenvalue weighted by Crippen LogP contribution is -2.18. The number of aryl methyl sites for hydroxylation is 1. The lowest BCUT2D eigenvalue weighted by atomic mass is 9.78. The molecule has 0 bridgehead atoms. The van der Waals surface area contributed by atoms with E-state index in [1.165, 1.54) is 23.1 Å². The Hall–Kier alpha value is -1.76. The van der Waals surface area contributed by atoms with Crippen molar-refractivity contribution in [2.24, 2.45) is 0 Å². The predicted octanol–water partition coefficient (Wildman–Crippen LogP) is 5.50. The van der Waals surface area contributed by atoms with Gasteiger partial charge in [0.1, 0.15) is 5.75 Å². The van der Waals surface area contributed by atoms with Gasteiger partial charge in [0.05, 0.1) is 6.61 Å². The van der Waals surface area contributed by atoms with Crippen molar-refractivity contribution < 1.29 is 4.74 Å². The second-order valence-electron chi connectivity index (χ2n) is 6.22. The minimum atomic E-state index is 0.00957. The van der Waals surface area contributed by atoms with E-state index in [0.29, 0.717) is 0 Å². The number of unbranched alkanes of at least 4 members (excludes halogenated alkanes) is 1. The van der Waals surface area contributed by atoms with Crippen LogP contribution in [0.3, 0.4) is 0 Å². The summed E-state index contributed by atoms with van der Waals surface area (Å²) in [6, 6.07) is 17.3. The summed E-state index contributed by atoms with van der Waals surface area (Å²) in [5.41, 5.74) is 3.96. The van der Waals surface area contributed by atoms with Crippen LogP contribution in [0.4, 0.5) is 0 Å². The maximum atomic E-state index is 5.74. The monoisotopic (exact) mass is 282 g/mol. The van der Waals surface area contributed by atoms with E-state index in [9.17, 15) is 0 Å². The van der Waals surface area contributed by atoms with E-state index in [1.807, 2.05) is 0 Å². The number of rotatable bonds is 6. The van der Waals surface area contributed by atoms with Gasteiger partial charge in [0.25, 0.3) is 0 Å². The van der Waals surface area contributed by atoms with E-state index >= 15 is 0 Å². The fourth-order valence-corrected chi connectivity index (χ4v) is 2.44. The second kappa shape index (κ2) is 6.80. The van der Waals surface area contributed by atoms with E-state index in [-0.39, 0.29) is 5.41 Å². The Labute approximate surface area is 129 Å². The smallest absolute Gasteiger partial charge is 0.119 e. The zero-order valence-corrected chi connectivity index (χ0v) is 13.6. The molecule has 1 nitrogen and oxygen atoms in total. The third kappa shape index (κ3) is 3.87. The Morgan fingerprint density at radius 2 is 1.38 bits per heavy atom. The maximum Gasteiger partial charge on any atom is 0.119 e. The molecule has 0 aromatic heterocycles. The quantitative estimate of drug-likeness (QED) is 0.636. The molecule has 0 heterocycles. The number of hydrogen-bond acceptors (Lipinski definition) is 1. The molecule has 0 aliphatic heterocycles. The highest BCUT2D eigenvalue weighted by Gasteiger charge is 2.22. The first kappa shape index (κ1) is 15.6. The van der Waals surface area contributed by atoms with Crippen LogP contribution in [0.1, 0.15) is 50.3 Å². The highest BCUT2D eigenvalue weighted by molar-refractivity contribution is 5.40. The first-order valence-electron chi connectivity index (χ1n) is 7.84. The molecule has 0 saturated heterocycles. The molecular formula is C20H26O. The molecule has 0 aliphatic carbocycles. The van der Waals surface area contributed by atoms with Gasteiger partial charge in [-0.2, -0.15) is 0 Å². The Morgan fingerprint density at radius 1 is 0.857 bits per heavy atom. The van der Waals surface area contributed by atoms with Crippen molar-refractivity contribution in [2.45, 2.75) is 46.0 Å². The molecule has 2 rings (SSSR count). The summed E-state index contributed by atoms with van der Waals surface area (Å²) in [5, 5.41) is 0. The first-order chi connectivity index (χ1) is 10.0. The van der Waals surface area contributed by atoms with Gasteiger partial charge in [0.2, 0.25) is 0 Å². The van der Waals surface area contributed by atoms with Crippen LogP contribution < -0.4 is 4.74 Å². The van der Waals surface area contributed by atoms with Crippen molar-refractivity contribution in [1.82, 2.24) is 0 Å². The van der Waals surface area contributed by atoms with Crippen molar-refractivity contribution in [2.75, 3.05) is 6.61 Å². The molecule has 2 aromatic rings. The summed E-state index contributed by atoms with van der Waals surface area (Å²) in [5.74, 6) is 0.965. The zero-order valence-electron chi connectivity index (χ0n) is 13.6. The van der Waals surface area contributed by atoms with E-state index in [0.717, 1.165) is 18.8 Å². The molecule has 21 heavy (non-hydrogen) atoms. The Kier molecular flexibility index (Phi) is 5.06. The third-order valence-electron chi connectivity index (χ3n) is 4.12. The SMILES string of the molecule is CCCCOc1ccc(C(C)(C)c2ccc(C)cc2)cc1. The van der Waals surface area contributed by atoms with Crippen molar-refractivity contribution in [3.05, 3.63) is 65.2 Å². The van der Waals surface area contributed by atoms with Crippen LogP contribution >= 0.6 is 0 Å². The minimum absolute atomic E-state index is 0.00957. The largest absolute Gasteiger partial charge is 0.494 e. The molecule has 0 fully saturated rings. The molecule has 0 atom stereocenters. The average Bonchev–Trinajstić information content (AvgIpc) is 2.48. The predicted molar refractivity (Wildman–Crippen MR) is 90.2 cm³/mol. The molecule has 0 N–H and O–H groups in total. The molecule has 1 heteroatoms. The topological polar surface area (TPSA) is 9.23 Å². The number of ether oxygens (including phenoxy) is 1. The summed E-state index contributed by atoms with van der Waals surface area (Å²) in [6.07, 6.45) is 2.27. The summed E-state index contributed by atoms with van der Waals surface area (Å²) < 4.78 is 5.74. The van der Waals surface area contributed by atoms with E-state index < -0.39 is 0 Å².